The van der Waals surface area contributed by atoms with E-state index in [9.17, 15) is 4.79 Å². The average molecular weight is 250 g/mol. The highest BCUT2D eigenvalue weighted by Crippen LogP contribution is 2.05. The molecular formula is C14H22N2O2. The Labute approximate surface area is 109 Å². The minimum atomic E-state index is -0.773. The molecule has 0 fully saturated rings. The van der Waals surface area contributed by atoms with Crippen LogP contribution in [-0.2, 0) is 11.2 Å². The molecular weight excluding hydrogens is 228 g/mol. The van der Waals surface area contributed by atoms with E-state index in [0.717, 1.165) is 13.0 Å². The number of carboxylic acid groups (broad SMARTS) is 1. The van der Waals surface area contributed by atoms with E-state index < -0.39 is 12.0 Å². The fourth-order valence-corrected chi connectivity index (χ4v) is 1.73. The molecule has 1 atom stereocenters. The van der Waals surface area contributed by atoms with Gasteiger partial charge in [0.25, 0.3) is 0 Å². The summed E-state index contributed by atoms with van der Waals surface area (Å²) in [7, 11) is 3.95. The van der Waals surface area contributed by atoms with E-state index in [-0.39, 0.29) is 0 Å². The number of carboxylic acids is 1. The first-order chi connectivity index (χ1) is 8.59. The topological polar surface area (TPSA) is 52.6 Å². The van der Waals surface area contributed by atoms with Gasteiger partial charge < -0.3 is 15.3 Å². The van der Waals surface area contributed by atoms with Crippen LogP contribution in [0.25, 0.3) is 0 Å². The summed E-state index contributed by atoms with van der Waals surface area (Å²) in [4.78, 5) is 13.2. The number of hydrogen-bond acceptors (Lipinski definition) is 3. The van der Waals surface area contributed by atoms with Crippen LogP contribution in [-0.4, -0.2) is 49.2 Å². The molecule has 0 saturated heterocycles. The normalized spacial score (nSPS) is 12.6. The van der Waals surface area contributed by atoms with Crippen LogP contribution in [0.2, 0.25) is 0 Å². The van der Waals surface area contributed by atoms with Gasteiger partial charge in [-0.25, -0.2) is 0 Å². The minimum absolute atomic E-state index is 0.467. The van der Waals surface area contributed by atoms with Gasteiger partial charge in [0, 0.05) is 13.1 Å². The van der Waals surface area contributed by atoms with Crippen molar-refractivity contribution in [3.8, 4) is 0 Å². The van der Waals surface area contributed by atoms with Crippen molar-refractivity contribution >= 4 is 5.97 Å². The standard InChI is InChI=1S/C14H22N2O2/c1-16(2)11-10-15-13(14(17)18)9-8-12-6-4-3-5-7-12/h3-7,13,15H,8-11H2,1-2H3,(H,17,18). The van der Waals surface area contributed by atoms with Crippen molar-refractivity contribution in [1.82, 2.24) is 10.2 Å². The Hall–Kier alpha value is -1.39. The molecule has 4 nitrogen and oxygen atoms in total. The van der Waals surface area contributed by atoms with E-state index in [2.05, 4.69) is 5.32 Å². The highest BCUT2D eigenvalue weighted by molar-refractivity contribution is 5.73. The van der Waals surface area contributed by atoms with Crippen LogP contribution < -0.4 is 5.32 Å². The second kappa shape index (κ2) is 7.84. The predicted octanol–water partition coefficient (Wildman–Crippen LogP) is 1.22. The third-order valence-electron chi connectivity index (χ3n) is 2.81. The van der Waals surface area contributed by atoms with Crippen molar-refractivity contribution in [2.75, 3.05) is 27.2 Å². The SMILES string of the molecule is CN(C)CCNC(CCc1ccccc1)C(=O)O. The van der Waals surface area contributed by atoms with Gasteiger partial charge >= 0.3 is 5.97 Å². The van der Waals surface area contributed by atoms with Crippen molar-refractivity contribution in [3.05, 3.63) is 35.9 Å². The molecule has 0 bridgehead atoms. The number of nitrogens with one attached hydrogen (secondary N) is 1. The van der Waals surface area contributed by atoms with E-state index in [0.29, 0.717) is 13.0 Å². The second-order valence-electron chi connectivity index (χ2n) is 4.67. The Balaban J connectivity index is 2.36. The lowest BCUT2D eigenvalue weighted by Gasteiger charge is -2.16. The Bertz CT molecular complexity index is 352. The van der Waals surface area contributed by atoms with Crippen molar-refractivity contribution < 1.29 is 9.90 Å². The molecule has 18 heavy (non-hydrogen) atoms. The third-order valence-corrected chi connectivity index (χ3v) is 2.81. The van der Waals surface area contributed by atoms with Crippen LogP contribution in [0.1, 0.15) is 12.0 Å². The molecule has 1 unspecified atom stereocenters. The largest absolute Gasteiger partial charge is 0.480 e. The molecule has 1 rings (SSSR count). The van der Waals surface area contributed by atoms with Crippen LogP contribution in [0.5, 0.6) is 0 Å². The van der Waals surface area contributed by atoms with E-state index in [1.54, 1.807) is 0 Å². The Kier molecular flexibility index (Phi) is 6.39. The zero-order valence-corrected chi connectivity index (χ0v) is 11.1. The number of nitrogens with zero attached hydrogens (tertiary/aromatic N) is 1. The number of hydrogen-bond donors (Lipinski definition) is 2. The number of benzene rings is 1. The zero-order valence-electron chi connectivity index (χ0n) is 11.1. The molecule has 2 N–H and O–H groups in total. The van der Waals surface area contributed by atoms with Gasteiger partial charge in [0.15, 0.2) is 0 Å². The van der Waals surface area contributed by atoms with Gasteiger partial charge in [-0.1, -0.05) is 30.3 Å². The van der Waals surface area contributed by atoms with Gasteiger partial charge in [0.05, 0.1) is 0 Å². The average Bonchev–Trinajstić information content (AvgIpc) is 2.34. The number of rotatable bonds is 8. The Morgan fingerprint density at radius 2 is 2.00 bits per heavy atom. The van der Waals surface area contributed by atoms with Gasteiger partial charge in [0.2, 0.25) is 0 Å². The summed E-state index contributed by atoms with van der Waals surface area (Å²) >= 11 is 0. The van der Waals surface area contributed by atoms with Gasteiger partial charge in [-0.15, -0.1) is 0 Å². The Morgan fingerprint density at radius 1 is 1.33 bits per heavy atom. The molecule has 1 aromatic rings. The van der Waals surface area contributed by atoms with E-state index in [1.165, 1.54) is 5.56 Å². The highest BCUT2D eigenvalue weighted by Gasteiger charge is 2.16. The summed E-state index contributed by atoms with van der Waals surface area (Å²) in [6, 6.07) is 9.50. The third kappa shape index (κ3) is 5.80. The summed E-state index contributed by atoms with van der Waals surface area (Å²) in [6.45, 7) is 1.54. The van der Waals surface area contributed by atoms with Crippen molar-refractivity contribution in [2.24, 2.45) is 0 Å². The number of aliphatic carboxylic acids is 1. The summed E-state index contributed by atoms with van der Waals surface area (Å²) in [6.07, 6.45) is 1.40. The molecule has 0 aliphatic rings. The van der Waals surface area contributed by atoms with Crippen molar-refractivity contribution in [2.45, 2.75) is 18.9 Å². The molecule has 4 heteroatoms. The van der Waals surface area contributed by atoms with Crippen LogP contribution in [0, 0.1) is 0 Å². The quantitative estimate of drug-likeness (QED) is 0.728. The molecule has 0 saturated carbocycles. The van der Waals surface area contributed by atoms with E-state index in [1.807, 2.05) is 49.3 Å². The number of likely N-dealkylation sites (N-methyl/N-ethyl adjacent to an activating group) is 1. The van der Waals surface area contributed by atoms with E-state index in [4.69, 9.17) is 5.11 Å². The fraction of sp³-hybridized carbons (Fsp3) is 0.500. The van der Waals surface area contributed by atoms with Gasteiger partial charge in [-0.05, 0) is 32.5 Å². The molecule has 0 radical (unpaired) electrons. The van der Waals surface area contributed by atoms with Crippen LogP contribution in [0.15, 0.2) is 30.3 Å². The summed E-state index contributed by atoms with van der Waals surface area (Å²) < 4.78 is 0. The second-order valence-corrected chi connectivity index (χ2v) is 4.67. The highest BCUT2D eigenvalue weighted by atomic mass is 16.4. The summed E-state index contributed by atoms with van der Waals surface area (Å²) in [5.41, 5.74) is 1.18. The lowest BCUT2D eigenvalue weighted by atomic mass is 10.1. The predicted molar refractivity (Wildman–Crippen MR) is 72.7 cm³/mol. The van der Waals surface area contributed by atoms with Crippen molar-refractivity contribution in [3.63, 3.8) is 0 Å². The van der Waals surface area contributed by atoms with Crippen molar-refractivity contribution in [1.29, 1.82) is 0 Å². The molecule has 100 valence electrons. The molecule has 0 aliphatic heterocycles. The molecule has 0 heterocycles. The molecule has 0 aromatic heterocycles. The smallest absolute Gasteiger partial charge is 0.320 e. The first-order valence-corrected chi connectivity index (χ1v) is 6.24. The lowest BCUT2D eigenvalue weighted by molar-refractivity contribution is -0.139. The first kappa shape index (κ1) is 14.7. The first-order valence-electron chi connectivity index (χ1n) is 6.24. The number of aryl methyl sites for hydroxylation is 1. The van der Waals surface area contributed by atoms with Gasteiger partial charge in [0.1, 0.15) is 6.04 Å². The Morgan fingerprint density at radius 3 is 2.56 bits per heavy atom. The maximum absolute atomic E-state index is 11.1. The molecule has 1 aromatic carbocycles. The molecule has 0 aliphatic carbocycles. The van der Waals surface area contributed by atoms with E-state index >= 15 is 0 Å². The fourth-order valence-electron chi connectivity index (χ4n) is 1.73. The lowest BCUT2D eigenvalue weighted by Crippen LogP contribution is -2.40. The number of carbonyl (C=O) groups is 1. The summed E-state index contributed by atoms with van der Waals surface area (Å²) in [5.74, 6) is -0.773. The monoisotopic (exact) mass is 250 g/mol. The van der Waals surface area contributed by atoms with Crippen LogP contribution in [0.4, 0.5) is 0 Å². The zero-order chi connectivity index (χ0) is 13.4. The van der Waals surface area contributed by atoms with Gasteiger partial charge in [-0.2, -0.15) is 0 Å². The summed E-state index contributed by atoms with van der Waals surface area (Å²) in [5, 5.41) is 12.2. The molecule has 0 spiro atoms. The maximum Gasteiger partial charge on any atom is 0.320 e. The molecule has 0 amide bonds. The minimum Gasteiger partial charge on any atom is -0.480 e. The van der Waals surface area contributed by atoms with Gasteiger partial charge in [-0.3, -0.25) is 4.79 Å². The van der Waals surface area contributed by atoms with Crippen LogP contribution in [0.3, 0.4) is 0 Å². The van der Waals surface area contributed by atoms with Crippen LogP contribution >= 0.6 is 0 Å². The maximum atomic E-state index is 11.1.